The summed E-state index contributed by atoms with van der Waals surface area (Å²) in [4.78, 5) is 42.3. The highest BCUT2D eigenvalue weighted by molar-refractivity contribution is 6.08. The summed E-state index contributed by atoms with van der Waals surface area (Å²) in [6.07, 6.45) is 6.90. The van der Waals surface area contributed by atoms with Crippen LogP contribution in [0.4, 0.5) is 4.39 Å². The lowest BCUT2D eigenvalue weighted by atomic mass is 10.0. The van der Waals surface area contributed by atoms with E-state index in [1.807, 2.05) is 32.2 Å². The van der Waals surface area contributed by atoms with Gasteiger partial charge < -0.3 is 25.1 Å². The van der Waals surface area contributed by atoms with Crippen LogP contribution in [0.15, 0.2) is 42.6 Å². The van der Waals surface area contributed by atoms with Crippen molar-refractivity contribution in [2.75, 3.05) is 20.7 Å². The summed E-state index contributed by atoms with van der Waals surface area (Å²) in [7, 11) is 3.26. The molecule has 0 fully saturated rings. The lowest BCUT2D eigenvalue weighted by Gasteiger charge is -2.05. The van der Waals surface area contributed by atoms with E-state index in [-0.39, 0.29) is 24.6 Å². The Balaban J connectivity index is 0.000000343. The third kappa shape index (κ3) is 9.61. The summed E-state index contributed by atoms with van der Waals surface area (Å²) >= 11 is 0. The van der Waals surface area contributed by atoms with Crippen LogP contribution in [0.1, 0.15) is 58.0 Å². The van der Waals surface area contributed by atoms with E-state index < -0.39 is 5.97 Å². The predicted octanol–water partition coefficient (Wildman–Crippen LogP) is 4.00. The number of fused-ring (bicyclic) bond motifs is 1. The van der Waals surface area contributed by atoms with Gasteiger partial charge in [0, 0.05) is 22.7 Å². The van der Waals surface area contributed by atoms with Gasteiger partial charge >= 0.3 is 5.97 Å². The van der Waals surface area contributed by atoms with Gasteiger partial charge in [0.05, 0.1) is 19.2 Å². The van der Waals surface area contributed by atoms with Gasteiger partial charge in [-0.3, -0.25) is 9.59 Å². The highest BCUT2D eigenvalue weighted by atomic mass is 19.1. The molecule has 0 atom stereocenters. The van der Waals surface area contributed by atoms with Crippen LogP contribution >= 0.6 is 0 Å². The Morgan fingerprint density at radius 3 is 2.43 bits per heavy atom. The number of methoxy groups -OCH3 is 1. The number of ketones is 1. The van der Waals surface area contributed by atoms with Crippen molar-refractivity contribution in [2.24, 2.45) is 5.73 Å². The molecule has 1 aromatic heterocycles. The summed E-state index contributed by atoms with van der Waals surface area (Å²) in [6, 6.07) is 10.6. The molecule has 0 unspecified atom stereocenters. The van der Waals surface area contributed by atoms with Gasteiger partial charge in [-0.15, -0.1) is 0 Å². The molecular formula is C28H36FN3O5. The second kappa shape index (κ2) is 16.8. The number of aldehydes is 1. The van der Waals surface area contributed by atoms with Crippen molar-refractivity contribution in [1.82, 2.24) is 9.88 Å². The normalized spacial score (nSPS) is 9.97. The van der Waals surface area contributed by atoms with E-state index in [0.29, 0.717) is 16.5 Å². The second-order valence-electron chi connectivity index (χ2n) is 8.24. The maximum Gasteiger partial charge on any atom is 0.337 e. The number of hydrogen-bond acceptors (Lipinski definition) is 6. The van der Waals surface area contributed by atoms with Gasteiger partial charge in [-0.05, 0) is 76.0 Å². The van der Waals surface area contributed by atoms with E-state index in [4.69, 9.17) is 4.79 Å². The highest BCUT2D eigenvalue weighted by Gasteiger charge is 2.14. The van der Waals surface area contributed by atoms with Crippen molar-refractivity contribution in [3.63, 3.8) is 0 Å². The zero-order valence-corrected chi connectivity index (χ0v) is 21.9. The maximum absolute atomic E-state index is 13.6. The molecule has 3 N–H and O–H groups in total. The number of nitrogens with one attached hydrogen (secondary N) is 1. The molecule has 9 heteroatoms. The molecule has 0 saturated heterocycles. The molecule has 3 rings (SSSR count). The van der Waals surface area contributed by atoms with E-state index in [0.717, 1.165) is 48.7 Å². The van der Waals surface area contributed by atoms with E-state index in [2.05, 4.69) is 15.8 Å². The van der Waals surface area contributed by atoms with Crippen LogP contribution in [0.5, 0.6) is 0 Å². The van der Waals surface area contributed by atoms with Gasteiger partial charge in [-0.2, -0.15) is 0 Å². The first-order chi connectivity index (χ1) is 17.7. The zero-order chi connectivity index (χ0) is 27.8. The number of esters is 1. The minimum atomic E-state index is -0.459. The third-order valence-electron chi connectivity index (χ3n) is 5.60. The van der Waals surface area contributed by atoms with E-state index in [1.54, 1.807) is 29.0 Å². The number of ether oxygens (including phenoxy) is 1. The molecule has 0 bridgehead atoms. The van der Waals surface area contributed by atoms with Crippen molar-refractivity contribution in [3.8, 4) is 0 Å². The predicted molar refractivity (Wildman–Crippen MR) is 142 cm³/mol. The number of Topliss-reactive ketones (excluding diaryl/α,β-unsaturated/α-hetero) is 1. The fourth-order valence-electron chi connectivity index (χ4n) is 3.75. The number of rotatable bonds is 10. The van der Waals surface area contributed by atoms with Crippen LogP contribution in [0.25, 0.3) is 10.9 Å². The van der Waals surface area contributed by atoms with Gasteiger partial charge in [0.2, 0.25) is 6.41 Å². The molecule has 3 aromatic rings. The van der Waals surface area contributed by atoms with E-state index >= 15 is 0 Å². The Morgan fingerprint density at radius 2 is 1.84 bits per heavy atom. The van der Waals surface area contributed by atoms with Crippen LogP contribution in [0.3, 0.4) is 0 Å². The topological polar surface area (TPSA) is 120 Å². The number of aryl methyl sites for hydroxylation is 2. The number of primary amides is 1. The Kier molecular flexibility index (Phi) is 14.1. The molecule has 0 saturated carbocycles. The molecule has 0 aliphatic rings. The molecule has 8 nitrogen and oxygen atoms in total. The fraction of sp³-hybridized carbons (Fsp3) is 0.357. The Bertz CT molecular complexity index is 1190. The fourth-order valence-corrected chi connectivity index (χ4v) is 3.75. The average Bonchev–Trinajstić information content (AvgIpc) is 3.25. The summed E-state index contributed by atoms with van der Waals surface area (Å²) in [5, 5.41) is 3.76. The van der Waals surface area contributed by atoms with Crippen LogP contribution in [0, 0.1) is 12.7 Å². The number of aromatic nitrogens is 1. The molecule has 0 aliphatic heterocycles. The summed E-state index contributed by atoms with van der Waals surface area (Å²) in [5.41, 5.74) is 7.39. The maximum atomic E-state index is 13.6. The number of hydrogen-bond donors (Lipinski definition) is 2. The largest absolute Gasteiger partial charge is 0.465 e. The standard InChI is InChI=1S/C14H13NO4.C13H20FN.CH3NO/c1-9(17)12-8-15(5-6-16)13-4-3-10(7-11(12)13)14(18)19-2;1-11-7-6-9-12(13(11)14)8-4-3-5-10-15-2;2-1-3/h3-4,6-8H,5H2,1-2H3;6-7,9,15H,3-5,8,10H2,1-2H3;1H,(H2,2,3). The van der Waals surface area contributed by atoms with Gasteiger partial charge in [0.25, 0.3) is 0 Å². The molecule has 0 radical (unpaired) electrons. The highest BCUT2D eigenvalue weighted by Crippen LogP contribution is 2.23. The Labute approximate surface area is 217 Å². The van der Waals surface area contributed by atoms with Crippen LogP contribution in [-0.4, -0.2) is 49.7 Å². The average molecular weight is 514 g/mol. The monoisotopic (exact) mass is 513 g/mol. The first-order valence-electron chi connectivity index (χ1n) is 11.9. The zero-order valence-electron chi connectivity index (χ0n) is 21.9. The van der Waals surface area contributed by atoms with Gasteiger partial charge in [-0.25, -0.2) is 9.18 Å². The molecular weight excluding hydrogens is 477 g/mol. The number of benzene rings is 2. The van der Waals surface area contributed by atoms with Gasteiger partial charge in [0.15, 0.2) is 5.78 Å². The van der Waals surface area contributed by atoms with E-state index in [1.165, 1.54) is 20.5 Å². The number of halogens is 1. The minimum absolute atomic E-state index is 0.0221. The number of nitrogens with zero attached hydrogens (tertiary/aromatic N) is 1. The molecule has 0 spiro atoms. The number of carbonyl (C=O) groups is 4. The molecule has 0 aliphatic carbocycles. The number of unbranched alkanes of at least 4 members (excludes halogenated alkanes) is 2. The van der Waals surface area contributed by atoms with Crippen LogP contribution in [-0.2, 0) is 27.3 Å². The molecule has 37 heavy (non-hydrogen) atoms. The first-order valence-corrected chi connectivity index (χ1v) is 11.9. The third-order valence-corrected chi connectivity index (χ3v) is 5.60. The summed E-state index contributed by atoms with van der Waals surface area (Å²) in [5.74, 6) is -0.595. The van der Waals surface area contributed by atoms with Gasteiger partial charge in [-0.1, -0.05) is 24.6 Å². The quantitative estimate of drug-likeness (QED) is 0.183. The Morgan fingerprint density at radius 1 is 1.14 bits per heavy atom. The van der Waals surface area contributed by atoms with Gasteiger partial charge in [0.1, 0.15) is 12.1 Å². The van der Waals surface area contributed by atoms with Crippen molar-refractivity contribution < 1.29 is 28.3 Å². The summed E-state index contributed by atoms with van der Waals surface area (Å²) in [6.45, 7) is 4.49. The minimum Gasteiger partial charge on any atom is -0.465 e. The number of amides is 1. The number of nitrogens with two attached hydrogens (primary N) is 1. The van der Waals surface area contributed by atoms with Crippen molar-refractivity contribution in [1.29, 1.82) is 0 Å². The first kappa shape index (κ1) is 31.2. The molecule has 2 aromatic carbocycles. The summed E-state index contributed by atoms with van der Waals surface area (Å²) < 4.78 is 19.9. The Hall–Kier alpha value is -3.85. The van der Waals surface area contributed by atoms with Crippen molar-refractivity contribution in [2.45, 2.75) is 46.1 Å². The smallest absolute Gasteiger partial charge is 0.337 e. The lowest BCUT2D eigenvalue weighted by molar-refractivity contribution is -0.108. The van der Waals surface area contributed by atoms with Crippen molar-refractivity contribution >= 4 is 35.4 Å². The van der Waals surface area contributed by atoms with Crippen LogP contribution < -0.4 is 11.1 Å². The van der Waals surface area contributed by atoms with E-state index in [9.17, 15) is 18.8 Å². The SMILES string of the molecule is CNCCCCCc1cccc(C)c1F.COC(=O)c1ccc2c(c1)c(C(C)=O)cn2CC=O.NC=O. The number of carbonyl (C=O) groups excluding carboxylic acids is 4. The molecule has 1 heterocycles. The van der Waals surface area contributed by atoms with Crippen molar-refractivity contribution in [3.05, 3.63) is 70.7 Å². The molecule has 1 amide bonds. The second-order valence-corrected chi connectivity index (χ2v) is 8.24. The van der Waals surface area contributed by atoms with Crippen LogP contribution in [0.2, 0.25) is 0 Å². The molecule has 200 valence electrons. The lowest BCUT2D eigenvalue weighted by Crippen LogP contribution is -2.07.